The van der Waals surface area contributed by atoms with Gasteiger partial charge < -0.3 is 30.0 Å². The lowest BCUT2D eigenvalue weighted by Gasteiger charge is -2.32. The van der Waals surface area contributed by atoms with Crippen LogP contribution in [-0.2, 0) is 26.5 Å². The number of ether oxygens (including phenoxy) is 1. The maximum atomic E-state index is 14.8. The zero-order valence-electron chi connectivity index (χ0n) is 30.8. The smallest absolute Gasteiger partial charge is 0.264 e. The molecule has 0 saturated carbocycles. The van der Waals surface area contributed by atoms with Gasteiger partial charge in [-0.2, -0.15) is 0 Å². The average Bonchev–Trinajstić information content (AvgIpc) is 3.73. The summed E-state index contributed by atoms with van der Waals surface area (Å²) in [6.07, 6.45) is 6.70. The van der Waals surface area contributed by atoms with Gasteiger partial charge in [-0.05, 0) is 83.8 Å². The van der Waals surface area contributed by atoms with Gasteiger partial charge in [0.05, 0.1) is 30.0 Å². The van der Waals surface area contributed by atoms with Crippen LogP contribution in [0.2, 0.25) is 18.6 Å². The first-order valence-electron chi connectivity index (χ1n) is 17.9. The second-order valence-corrected chi connectivity index (χ2v) is 18.9. The molecular formula is C39H53N5O6Si. The van der Waals surface area contributed by atoms with Crippen LogP contribution in [0.5, 0.6) is 0 Å². The van der Waals surface area contributed by atoms with Gasteiger partial charge in [-0.15, -0.1) is 5.10 Å². The molecule has 11 nitrogen and oxygen atoms in total. The summed E-state index contributed by atoms with van der Waals surface area (Å²) in [5.74, 6) is -1.45. The minimum absolute atomic E-state index is 0.108. The molecule has 274 valence electrons. The number of benzene rings is 2. The summed E-state index contributed by atoms with van der Waals surface area (Å²) in [5.41, 5.74) is 4.13. The van der Waals surface area contributed by atoms with E-state index in [0.717, 1.165) is 18.4 Å². The molecule has 0 bridgehead atoms. The highest BCUT2D eigenvalue weighted by Gasteiger charge is 2.66. The summed E-state index contributed by atoms with van der Waals surface area (Å²) >= 11 is 0. The fourth-order valence-corrected chi connectivity index (χ4v) is 10.3. The Labute approximate surface area is 302 Å². The van der Waals surface area contributed by atoms with Crippen LogP contribution >= 0.6 is 0 Å². The van der Waals surface area contributed by atoms with Crippen LogP contribution in [0.15, 0.2) is 78.0 Å². The van der Waals surface area contributed by atoms with Crippen LogP contribution < -0.4 is 10.2 Å². The number of aromatic nitrogens is 3. The van der Waals surface area contributed by atoms with Crippen molar-refractivity contribution < 1.29 is 29.3 Å². The van der Waals surface area contributed by atoms with Crippen molar-refractivity contribution >= 4 is 31.5 Å². The highest BCUT2D eigenvalue weighted by molar-refractivity contribution is 6.71. The molecule has 6 atom stereocenters. The van der Waals surface area contributed by atoms with E-state index in [1.807, 2.05) is 62.6 Å². The standard InChI is InChI=1S/C39H53N5O6Si/c1-25(2)12-11-13-26(3)18-21-44-34-17-16-30(40-37(47)28(5)46)22-32(34)39(38(44)48)27(4)36(51(6,7)49)35(50-39)19-20-43-23-33(41-42-43)31(24-45)29-14-9-8-10-15-29/h8-10,12,14-18,22-23,27-28,31,35-36,45-46,49H,11,13,19-21,24H2,1-7H3,(H,40,47)/b26-18+/t27-,28-,31?,35+,36-,39+/m0/s1. The fourth-order valence-electron chi connectivity index (χ4n) is 7.69. The third-order valence-electron chi connectivity index (χ3n) is 10.3. The third-order valence-corrected chi connectivity index (χ3v) is 12.8. The van der Waals surface area contributed by atoms with E-state index in [1.165, 1.54) is 18.1 Å². The molecule has 3 aromatic rings. The number of rotatable bonds is 14. The summed E-state index contributed by atoms with van der Waals surface area (Å²) < 4.78 is 8.72. The highest BCUT2D eigenvalue weighted by Crippen LogP contribution is 2.60. The Hall–Kier alpha value is -3.94. The predicted octanol–water partition coefficient (Wildman–Crippen LogP) is 5.65. The molecule has 2 amide bonds. The first-order chi connectivity index (χ1) is 24.2. The van der Waals surface area contributed by atoms with Crippen molar-refractivity contribution in [3.8, 4) is 0 Å². The van der Waals surface area contributed by atoms with Crippen molar-refractivity contribution in [2.75, 3.05) is 23.4 Å². The average molecular weight is 716 g/mol. The van der Waals surface area contributed by atoms with Crippen molar-refractivity contribution in [2.45, 2.75) is 103 Å². The molecule has 0 aliphatic carbocycles. The van der Waals surface area contributed by atoms with E-state index >= 15 is 0 Å². The lowest BCUT2D eigenvalue weighted by atomic mass is 9.82. The number of allylic oxidation sites excluding steroid dienone is 3. The first kappa shape index (κ1) is 38.3. The third kappa shape index (κ3) is 8.10. The maximum Gasteiger partial charge on any atom is 0.264 e. The van der Waals surface area contributed by atoms with Crippen LogP contribution in [0.4, 0.5) is 11.4 Å². The lowest BCUT2D eigenvalue weighted by Crippen LogP contribution is -2.46. The van der Waals surface area contributed by atoms with Crippen molar-refractivity contribution in [1.29, 1.82) is 0 Å². The van der Waals surface area contributed by atoms with E-state index in [4.69, 9.17) is 4.74 Å². The zero-order valence-corrected chi connectivity index (χ0v) is 31.8. The van der Waals surface area contributed by atoms with Crippen LogP contribution in [0.1, 0.15) is 76.6 Å². The molecule has 1 fully saturated rings. The van der Waals surface area contributed by atoms with Gasteiger partial charge in [0.15, 0.2) is 13.9 Å². The summed E-state index contributed by atoms with van der Waals surface area (Å²) in [5, 5.41) is 31.5. The molecule has 1 unspecified atom stereocenters. The number of nitrogens with one attached hydrogen (secondary N) is 1. The van der Waals surface area contributed by atoms with E-state index < -0.39 is 32.0 Å². The van der Waals surface area contributed by atoms with Gasteiger partial charge in [0.25, 0.3) is 11.8 Å². The molecule has 51 heavy (non-hydrogen) atoms. The van der Waals surface area contributed by atoms with Crippen molar-refractivity contribution in [3.63, 3.8) is 0 Å². The number of aliphatic hydroxyl groups excluding tert-OH is 2. The summed E-state index contributed by atoms with van der Waals surface area (Å²) in [4.78, 5) is 40.8. The van der Waals surface area contributed by atoms with Gasteiger partial charge in [0.2, 0.25) is 0 Å². The Balaban J connectivity index is 1.47. The minimum Gasteiger partial charge on any atom is -0.432 e. The Kier molecular flexibility index (Phi) is 11.8. The zero-order chi connectivity index (χ0) is 37.1. The molecule has 2 aliphatic rings. The van der Waals surface area contributed by atoms with Crippen molar-refractivity contribution in [2.24, 2.45) is 5.92 Å². The molecule has 1 spiro atoms. The Morgan fingerprint density at radius 1 is 1.14 bits per heavy atom. The topological polar surface area (TPSA) is 150 Å². The number of carbonyl (C=O) groups excluding carboxylic acids is 2. The summed E-state index contributed by atoms with van der Waals surface area (Å²) in [7, 11) is -2.93. The van der Waals surface area contributed by atoms with Crippen LogP contribution in [-0.4, -0.2) is 75.5 Å². The van der Waals surface area contributed by atoms with Crippen LogP contribution in [0, 0.1) is 5.92 Å². The van der Waals surface area contributed by atoms with Crippen LogP contribution in [0.3, 0.4) is 0 Å². The number of hydrogen-bond acceptors (Lipinski definition) is 8. The number of aryl methyl sites for hydroxylation is 1. The number of anilines is 2. The highest BCUT2D eigenvalue weighted by atomic mass is 28.4. The largest absolute Gasteiger partial charge is 0.432 e. The number of aliphatic hydroxyl groups is 2. The normalized spacial score (nSPS) is 23.0. The van der Waals surface area contributed by atoms with E-state index in [0.29, 0.717) is 42.1 Å². The number of carbonyl (C=O) groups is 2. The van der Waals surface area contributed by atoms with Crippen LogP contribution in [0.25, 0.3) is 0 Å². The van der Waals surface area contributed by atoms with Gasteiger partial charge >= 0.3 is 0 Å². The van der Waals surface area contributed by atoms with E-state index in [-0.39, 0.29) is 29.9 Å². The molecule has 2 aliphatic heterocycles. The monoisotopic (exact) mass is 715 g/mol. The van der Waals surface area contributed by atoms with E-state index in [2.05, 4.69) is 48.6 Å². The Bertz CT molecular complexity index is 1760. The van der Waals surface area contributed by atoms with E-state index in [1.54, 1.807) is 21.7 Å². The molecule has 1 saturated heterocycles. The Morgan fingerprint density at radius 2 is 1.86 bits per heavy atom. The maximum absolute atomic E-state index is 14.8. The first-order valence-corrected chi connectivity index (χ1v) is 20.9. The lowest BCUT2D eigenvalue weighted by molar-refractivity contribution is -0.145. The molecule has 3 heterocycles. The summed E-state index contributed by atoms with van der Waals surface area (Å²) in [6, 6.07) is 15.0. The number of fused-ring (bicyclic) bond motifs is 2. The molecule has 1 aromatic heterocycles. The Morgan fingerprint density at radius 3 is 2.51 bits per heavy atom. The van der Waals surface area contributed by atoms with Gasteiger partial charge in [0.1, 0.15) is 6.10 Å². The minimum atomic E-state index is -2.93. The molecule has 5 rings (SSSR count). The van der Waals surface area contributed by atoms with Crippen molar-refractivity contribution in [3.05, 3.63) is 94.8 Å². The molecule has 4 N–H and O–H groups in total. The quantitative estimate of drug-likeness (QED) is 0.124. The molecule has 0 radical (unpaired) electrons. The van der Waals surface area contributed by atoms with E-state index in [9.17, 15) is 24.6 Å². The molecular weight excluding hydrogens is 663 g/mol. The number of nitrogens with zero attached hydrogens (tertiary/aromatic N) is 4. The number of amides is 2. The second kappa shape index (κ2) is 15.7. The molecule has 12 heteroatoms. The SMILES string of the molecule is CC(C)=CCC/C(C)=C/CN1C(=O)[C@]2(O[C@H](CCn3cc(C(CO)c4ccccc4)nn3)[C@@H]([Si](C)(C)O)[C@@H]2C)c2cc(NC(=O)[C@H](C)O)ccc21. The van der Waals surface area contributed by atoms with Crippen molar-refractivity contribution in [1.82, 2.24) is 15.0 Å². The van der Waals surface area contributed by atoms with Gasteiger partial charge in [-0.25, -0.2) is 0 Å². The number of hydrogen-bond donors (Lipinski definition) is 4. The predicted molar refractivity (Wildman–Crippen MR) is 201 cm³/mol. The second-order valence-electron chi connectivity index (χ2n) is 14.9. The van der Waals surface area contributed by atoms with Gasteiger partial charge in [0, 0.05) is 42.0 Å². The summed E-state index contributed by atoms with van der Waals surface area (Å²) in [6.45, 7) is 14.1. The van der Waals surface area contributed by atoms with Gasteiger partial charge in [-0.1, -0.05) is 65.8 Å². The molecule has 2 aromatic carbocycles. The fraction of sp³-hybridized carbons (Fsp3) is 0.487. The van der Waals surface area contributed by atoms with Gasteiger partial charge in [-0.3, -0.25) is 14.3 Å².